The molecule has 1 heterocycles. The van der Waals surface area contributed by atoms with Crippen LogP contribution in [0.5, 0.6) is 5.75 Å². The van der Waals surface area contributed by atoms with E-state index in [1.54, 1.807) is 18.3 Å². The highest BCUT2D eigenvalue weighted by Gasteiger charge is 2.17. The van der Waals surface area contributed by atoms with E-state index in [2.05, 4.69) is 10.3 Å². The molecule has 1 atom stereocenters. The average molecular weight is 287 g/mol. The molecule has 1 N–H and O–H groups in total. The molecule has 1 rings (SSSR count). The van der Waals surface area contributed by atoms with Crippen molar-refractivity contribution >= 4 is 17.7 Å². The molecular formula is C13H19ClN2O3. The first-order valence-electron chi connectivity index (χ1n) is 6.00. The zero-order valence-corrected chi connectivity index (χ0v) is 12.3. The van der Waals surface area contributed by atoms with Gasteiger partial charge in [0.1, 0.15) is 23.1 Å². The van der Waals surface area contributed by atoms with Gasteiger partial charge in [-0.3, -0.25) is 0 Å². The Morgan fingerprint density at radius 2 is 2.21 bits per heavy atom. The second kappa shape index (κ2) is 6.61. The number of amides is 1. The Hall–Kier alpha value is -1.49. The van der Waals surface area contributed by atoms with E-state index in [-0.39, 0.29) is 6.04 Å². The van der Waals surface area contributed by atoms with Crippen molar-refractivity contribution in [2.45, 2.75) is 39.3 Å². The lowest BCUT2D eigenvalue weighted by atomic mass is 10.2. The van der Waals surface area contributed by atoms with Gasteiger partial charge in [-0.1, -0.05) is 11.6 Å². The Balaban J connectivity index is 2.36. The van der Waals surface area contributed by atoms with E-state index in [0.29, 0.717) is 17.5 Å². The minimum atomic E-state index is -0.511. The molecule has 1 aromatic heterocycles. The van der Waals surface area contributed by atoms with E-state index in [9.17, 15) is 4.79 Å². The number of nitrogens with zero attached hydrogens (tertiary/aromatic N) is 1. The van der Waals surface area contributed by atoms with E-state index in [1.807, 2.05) is 27.7 Å². The van der Waals surface area contributed by atoms with E-state index in [4.69, 9.17) is 21.1 Å². The molecule has 106 valence electrons. The smallest absolute Gasteiger partial charge is 0.407 e. The Morgan fingerprint density at radius 3 is 2.79 bits per heavy atom. The summed E-state index contributed by atoms with van der Waals surface area (Å²) in [5.74, 6) is 0.609. The highest BCUT2D eigenvalue weighted by molar-refractivity contribution is 6.29. The Labute approximate surface area is 118 Å². The second-order valence-corrected chi connectivity index (χ2v) is 5.56. The molecule has 0 saturated carbocycles. The summed E-state index contributed by atoms with van der Waals surface area (Å²) in [6.07, 6.45) is 1.10. The lowest BCUT2D eigenvalue weighted by molar-refractivity contribution is 0.0494. The summed E-state index contributed by atoms with van der Waals surface area (Å²) in [7, 11) is 0. The zero-order valence-electron chi connectivity index (χ0n) is 11.6. The number of ether oxygens (including phenoxy) is 2. The fourth-order valence-electron chi connectivity index (χ4n) is 1.25. The van der Waals surface area contributed by atoms with Crippen LogP contribution < -0.4 is 10.1 Å². The van der Waals surface area contributed by atoms with Crippen LogP contribution in [0.15, 0.2) is 18.3 Å². The lowest BCUT2D eigenvalue weighted by Crippen LogP contribution is -2.40. The van der Waals surface area contributed by atoms with Crippen LogP contribution in [0.2, 0.25) is 5.15 Å². The van der Waals surface area contributed by atoms with Crippen LogP contribution in [0, 0.1) is 0 Å². The number of halogens is 1. The van der Waals surface area contributed by atoms with Crippen LogP contribution in [0.4, 0.5) is 4.79 Å². The minimum absolute atomic E-state index is 0.179. The van der Waals surface area contributed by atoms with Crippen molar-refractivity contribution in [2.24, 2.45) is 0 Å². The van der Waals surface area contributed by atoms with Crippen LogP contribution in [0.3, 0.4) is 0 Å². The largest absolute Gasteiger partial charge is 0.491 e. The van der Waals surface area contributed by atoms with Crippen molar-refractivity contribution in [3.63, 3.8) is 0 Å². The Morgan fingerprint density at radius 1 is 1.53 bits per heavy atom. The van der Waals surface area contributed by atoms with Crippen LogP contribution in [0.25, 0.3) is 0 Å². The number of hydrogen-bond acceptors (Lipinski definition) is 4. The van der Waals surface area contributed by atoms with Gasteiger partial charge in [0.15, 0.2) is 0 Å². The molecule has 1 aromatic rings. The highest BCUT2D eigenvalue weighted by atomic mass is 35.5. The Kier molecular flexibility index (Phi) is 5.42. The van der Waals surface area contributed by atoms with Crippen molar-refractivity contribution < 1.29 is 14.3 Å². The number of alkyl carbamates (subject to hydrolysis) is 1. The number of carbonyl (C=O) groups excluding carboxylic acids is 1. The first kappa shape index (κ1) is 15.6. The van der Waals surface area contributed by atoms with Crippen molar-refractivity contribution in [1.82, 2.24) is 10.3 Å². The molecule has 0 aliphatic carbocycles. The second-order valence-electron chi connectivity index (χ2n) is 5.17. The molecular weight excluding hydrogens is 268 g/mol. The third-order valence-electron chi connectivity index (χ3n) is 1.96. The van der Waals surface area contributed by atoms with E-state index >= 15 is 0 Å². The molecule has 6 heteroatoms. The standard InChI is InChI=1S/C13H19ClN2O3/c1-9(16-12(17)19-13(2,3)4)8-18-10-5-6-15-11(14)7-10/h5-7,9H,8H2,1-4H3,(H,16,17)/t9-/m0/s1. The van der Waals surface area contributed by atoms with Crippen LogP contribution in [-0.2, 0) is 4.74 Å². The van der Waals surface area contributed by atoms with Gasteiger partial charge >= 0.3 is 6.09 Å². The number of pyridine rings is 1. The summed E-state index contributed by atoms with van der Waals surface area (Å²) >= 11 is 5.74. The molecule has 0 radical (unpaired) electrons. The molecule has 0 aliphatic rings. The maximum absolute atomic E-state index is 11.5. The lowest BCUT2D eigenvalue weighted by Gasteiger charge is -2.22. The molecule has 0 spiro atoms. The van der Waals surface area contributed by atoms with Gasteiger partial charge in [-0.25, -0.2) is 9.78 Å². The normalized spacial score (nSPS) is 12.7. The topological polar surface area (TPSA) is 60.5 Å². The summed E-state index contributed by atoms with van der Waals surface area (Å²) < 4.78 is 10.6. The SMILES string of the molecule is C[C@@H](COc1ccnc(Cl)c1)NC(=O)OC(C)(C)C. The van der Waals surface area contributed by atoms with Crippen LogP contribution >= 0.6 is 11.6 Å². The summed E-state index contributed by atoms with van der Waals surface area (Å²) in [5.41, 5.74) is -0.511. The van der Waals surface area contributed by atoms with Gasteiger partial charge in [-0.05, 0) is 33.8 Å². The first-order chi connectivity index (χ1) is 8.76. The fraction of sp³-hybridized carbons (Fsp3) is 0.538. The zero-order chi connectivity index (χ0) is 14.5. The predicted molar refractivity (Wildman–Crippen MR) is 73.6 cm³/mol. The van der Waals surface area contributed by atoms with Gasteiger partial charge in [0.05, 0.1) is 6.04 Å². The third kappa shape index (κ3) is 6.86. The molecule has 0 bridgehead atoms. The van der Waals surface area contributed by atoms with Gasteiger partial charge in [0.2, 0.25) is 0 Å². The number of nitrogens with one attached hydrogen (secondary N) is 1. The molecule has 0 aromatic carbocycles. The number of hydrogen-bond donors (Lipinski definition) is 1. The van der Waals surface area contributed by atoms with Gasteiger partial charge < -0.3 is 14.8 Å². The maximum Gasteiger partial charge on any atom is 0.407 e. The van der Waals surface area contributed by atoms with Gasteiger partial charge in [0, 0.05) is 12.3 Å². The quantitative estimate of drug-likeness (QED) is 0.864. The summed E-state index contributed by atoms with van der Waals surface area (Å²) in [6.45, 7) is 7.58. The molecule has 0 aliphatic heterocycles. The minimum Gasteiger partial charge on any atom is -0.491 e. The summed E-state index contributed by atoms with van der Waals surface area (Å²) in [5, 5.41) is 3.05. The van der Waals surface area contributed by atoms with E-state index < -0.39 is 11.7 Å². The molecule has 0 unspecified atom stereocenters. The monoisotopic (exact) mass is 286 g/mol. The van der Waals surface area contributed by atoms with E-state index in [1.165, 1.54) is 0 Å². The molecule has 1 amide bonds. The molecule has 0 saturated heterocycles. The summed E-state index contributed by atoms with van der Waals surface area (Å²) in [4.78, 5) is 15.4. The summed E-state index contributed by atoms with van der Waals surface area (Å²) in [6, 6.07) is 3.13. The number of aromatic nitrogens is 1. The Bertz CT molecular complexity index is 432. The third-order valence-corrected chi connectivity index (χ3v) is 2.17. The van der Waals surface area contributed by atoms with Crippen molar-refractivity contribution in [3.05, 3.63) is 23.5 Å². The highest BCUT2D eigenvalue weighted by Crippen LogP contribution is 2.14. The molecule has 0 fully saturated rings. The van der Waals surface area contributed by atoms with Crippen molar-refractivity contribution in [3.8, 4) is 5.75 Å². The average Bonchev–Trinajstić information content (AvgIpc) is 2.23. The number of carbonyl (C=O) groups is 1. The van der Waals surface area contributed by atoms with Gasteiger partial charge in [-0.15, -0.1) is 0 Å². The van der Waals surface area contributed by atoms with Crippen LogP contribution in [-0.4, -0.2) is 29.3 Å². The molecule has 19 heavy (non-hydrogen) atoms. The van der Waals surface area contributed by atoms with Gasteiger partial charge in [0.25, 0.3) is 0 Å². The molecule has 5 nitrogen and oxygen atoms in total. The van der Waals surface area contributed by atoms with Crippen molar-refractivity contribution in [2.75, 3.05) is 6.61 Å². The van der Waals surface area contributed by atoms with Crippen LogP contribution in [0.1, 0.15) is 27.7 Å². The fourth-order valence-corrected chi connectivity index (χ4v) is 1.41. The van der Waals surface area contributed by atoms with Gasteiger partial charge in [-0.2, -0.15) is 0 Å². The maximum atomic E-state index is 11.5. The number of rotatable bonds is 4. The first-order valence-corrected chi connectivity index (χ1v) is 6.38. The van der Waals surface area contributed by atoms with Crippen molar-refractivity contribution in [1.29, 1.82) is 0 Å². The predicted octanol–water partition coefficient (Wildman–Crippen LogP) is 3.03. The van der Waals surface area contributed by atoms with E-state index in [0.717, 1.165) is 0 Å².